The summed E-state index contributed by atoms with van der Waals surface area (Å²) in [5.74, 6) is 0. The van der Waals surface area contributed by atoms with E-state index in [1.54, 1.807) is 0 Å². The zero-order chi connectivity index (χ0) is 13.2. The van der Waals surface area contributed by atoms with Gasteiger partial charge in [0.25, 0.3) is 6.43 Å². The highest BCUT2D eigenvalue weighted by Gasteiger charge is 2.37. The molecule has 0 amide bonds. The van der Waals surface area contributed by atoms with E-state index in [2.05, 4.69) is 20.9 Å². The van der Waals surface area contributed by atoms with Gasteiger partial charge < -0.3 is 0 Å². The van der Waals surface area contributed by atoms with E-state index in [9.17, 15) is 22.0 Å². The van der Waals surface area contributed by atoms with E-state index in [-0.39, 0.29) is 4.47 Å². The number of halogens is 6. The molecule has 17 heavy (non-hydrogen) atoms. The van der Waals surface area contributed by atoms with Crippen LogP contribution in [0.2, 0.25) is 0 Å². The third-order valence-corrected chi connectivity index (χ3v) is 2.55. The van der Waals surface area contributed by atoms with Crippen LogP contribution in [-0.2, 0) is 12.6 Å². The maximum atomic E-state index is 12.6. The monoisotopic (exact) mass is 314 g/mol. The third kappa shape index (κ3) is 3.12. The second-order valence-electron chi connectivity index (χ2n) is 2.99. The summed E-state index contributed by atoms with van der Waals surface area (Å²) in [6.45, 7) is 0. The summed E-state index contributed by atoms with van der Waals surface area (Å²) in [6, 6.07) is 2.31. The Balaban J connectivity index is 3.46. The fourth-order valence-corrected chi connectivity index (χ4v) is 1.71. The molecule has 8 heteroatoms. The van der Waals surface area contributed by atoms with Crippen LogP contribution in [-0.4, -0.2) is 4.98 Å². The summed E-state index contributed by atoms with van der Waals surface area (Å²) < 4.78 is 62.1. The Hall–Kier alpha value is -1.23. The Morgan fingerprint density at radius 3 is 2.41 bits per heavy atom. The molecule has 0 aliphatic heterocycles. The molecule has 0 fully saturated rings. The minimum Gasteiger partial charge on any atom is -0.242 e. The van der Waals surface area contributed by atoms with Gasteiger partial charge in [-0.1, -0.05) is 15.9 Å². The maximum absolute atomic E-state index is 12.6. The van der Waals surface area contributed by atoms with E-state index in [1.807, 2.05) is 0 Å². The highest BCUT2D eigenvalue weighted by molar-refractivity contribution is 9.10. The SMILES string of the molecule is N#CCc1c(Br)cc(C(F)F)nc1C(F)(F)F. The molecule has 1 aromatic heterocycles. The molecule has 0 radical (unpaired) electrons. The first kappa shape index (κ1) is 13.8. The van der Waals surface area contributed by atoms with Crippen molar-refractivity contribution in [2.75, 3.05) is 0 Å². The van der Waals surface area contributed by atoms with Crippen molar-refractivity contribution in [3.05, 3.63) is 27.5 Å². The van der Waals surface area contributed by atoms with Crippen LogP contribution in [0, 0.1) is 11.3 Å². The van der Waals surface area contributed by atoms with Crippen molar-refractivity contribution < 1.29 is 22.0 Å². The van der Waals surface area contributed by atoms with E-state index in [0.717, 1.165) is 6.07 Å². The van der Waals surface area contributed by atoms with Crippen LogP contribution in [0.15, 0.2) is 10.5 Å². The Morgan fingerprint density at radius 1 is 1.41 bits per heavy atom. The average molecular weight is 315 g/mol. The Morgan fingerprint density at radius 2 is 2.00 bits per heavy atom. The molecule has 0 saturated heterocycles. The van der Waals surface area contributed by atoms with Crippen LogP contribution in [0.3, 0.4) is 0 Å². The van der Waals surface area contributed by atoms with Crippen LogP contribution in [0.25, 0.3) is 0 Å². The number of aromatic nitrogens is 1. The van der Waals surface area contributed by atoms with Crippen molar-refractivity contribution in [3.8, 4) is 6.07 Å². The van der Waals surface area contributed by atoms with Crippen molar-refractivity contribution in [2.45, 2.75) is 19.0 Å². The number of nitriles is 1. The largest absolute Gasteiger partial charge is 0.433 e. The Kier molecular flexibility index (Phi) is 4.03. The Labute approximate surface area is 101 Å². The van der Waals surface area contributed by atoms with Crippen LogP contribution >= 0.6 is 15.9 Å². The van der Waals surface area contributed by atoms with Crippen molar-refractivity contribution >= 4 is 15.9 Å². The number of hydrogen-bond donors (Lipinski definition) is 0. The van der Waals surface area contributed by atoms with E-state index in [1.165, 1.54) is 6.07 Å². The zero-order valence-electron chi connectivity index (χ0n) is 8.02. The summed E-state index contributed by atoms with van der Waals surface area (Å²) >= 11 is 2.74. The normalized spacial score (nSPS) is 11.6. The summed E-state index contributed by atoms with van der Waals surface area (Å²) in [6.07, 6.45) is -8.55. The predicted octanol–water partition coefficient (Wildman–Crippen LogP) is 3.87. The number of hydrogen-bond acceptors (Lipinski definition) is 2. The van der Waals surface area contributed by atoms with Gasteiger partial charge in [0.1, 0.15) is 11.4 Å². The smallest absolute Gasteiger partial charge is 0.242 e. The van der Waals surface area contributed by atoms with E-state index in [4.69, 9.17) is 5.26 Å². The first-order valence-corrected chi connectivity index (χ1v) is 4.98. The molecule has 2 nitrogen and oxygen atoms in total. The quantitative estimate of drug-likeness (QED) is 0.777. The highest BCUT2D eigenvalue weighted by atomic mass is 79.9. The first-order chi connectivity index (χ1) is 7.77. The van der Waals surface area contributed by atoms with Gasteiger partial charge in [-0.05, 0) is 6.07 Å². The highest BCUT2D eigenvalue weighted by Crippen LogP contribution is 2.36. The Bertz CT molecular complexity index is 464. The van der Waals surface area contributed by atoms with Gasteiger partial charge in [-0.2, -0.15) is 18.4 Å². The lowest BCUT2D eigenvalue weighted by Gasteiger charge is -2.13. The van der Waals surface area contributed by atoms with Gasteiger partial charge in [0, 0.05) is 10.0 Å². The van der Waals surface area contributed by atoms with Crippen molar-refractivity contribution in [2.24, 2.45) is 0 Å². The molecule has 1 rings (SSSR count). The second kappa shape index (κ2) is 4.96. The molecule has 1 heterocycles. The number of pyridine rings is 1. The summed E-state index contributed by atoms with van der Waals surface area (Å²) in [5, 5.41) is 8.40. The molecular formula is C9H4BrF5N2. The molecule has 0 N–H and O–H groups in total. The molecule has 0 spiro atoms. The first-order valence-electron chi connectivity index (χ1n) is 4.19. The molecule has 0 aliphatic carbocycles. The topological polar surface area (TPSA) is 36.7 Å². The summed E-state index contributed by atoms with van der Waals surface area (Å²) in [5.41, 5.74) is -2.88. The van der Waals surface area contributed by atoms with E-state index >= 15 is 0 Å². The molecule has 0 atom stereocenters. The molecule has 92 valence electrons. The molecule has 0 bridgehead atoms. The van der Waals surface area contributed by atoms with Crippen LogP contribution in [0.4, 0.5) is 22.0 Å². The fraction of sp³-hybridized carbons (Fsp3) is 0.333. The lowest BCUT2D eigenvalue weighted by molar-refractivity contribution is -0.142. The van der Waals surface area contributed by atoms with Crippen LogP contribution in [0.1, 0.15) is 23.4 Å². The lowest BCUT2D eigenvalue weighted by Crippen LogP contribution is -2.14. The molecule has 0 saturated carbocycles. The summed E-state index contributed by atoms with van der Waals surface area (Å²) in [4.78, 5) is 2.87. The van der Waals surface area contributed by atoms with Gasteiger partial charge in [-0.15, -0.1) is 0 Å². The fourth-order valence-electron chi connectivity index (χ4n) is 1.15. The van der Waals surface area contributed by atoms with E-state index < -0.39 is 36.0 Å². The maximum Gasteiger partial charge on any atom is 0.433 e. The molecule has 0 aliphatic rings. The van der Waals surface area contributed by atoms with Crippen LogP contribution in [0.5, 0.6) is 0 Å². The standard InChI is InChI=1S/C9H4BrF5N2/c10-5-3-6(8(11)12)17-7(9(13,14)15)4(5)1-2-16/h3,8H,1H2. The summed E-state index contributed by atoms with van der Waals surface area (Å²) in [7, 11) is 0. The van der Waals surface area contributed by atoms with Crippen molar-refractivity contribution in [1.82, 2.24) is 4.98 Å². The predicted molar refractivity (Wildman–Crippen MR) is 51.2 cm³/mol. The van der Waals surface area contributed by atoms with Gasteiger partial charge in [0.15, 0.2) is 0 Å². The lowest BCUT2D eigenvalue weighted by atomic mass is 10.1. The average Bonchev–Trinajstić information content (AvgIpc) is 2.18. The van der Waals surface area contributed by atoms with Gasteiger partial charge >= 0.3 is 6.18 Å². The molecule has 0 unspecified atom stereocenters. The third-order valence-electron chi connectivity index (χ3n) is 1.84. The molecular weight excluding hydrogens is 311 g/mol. The molecule has 0 aromatic carbocycles. The minimum atomic E-state index is -4.88. The molecule has 1 aromatic rings. The van der Waals surface area contributed by atoms with Gasteiger partial charge in [-0.3, -0.25) is 0 Å². The van der Waals surface area contributed by atoms with Gasteiger partial charge in [-0.25, -0.2) is 13.8 Å². The van der Waals surface area contributed by atoms with E-state index in [0.29, 0.717) is 0 Å². The van der Waals surface area contributed by atoms with Gasteiger partial charge in [0.05, 0.1) is 12.5 Å². The number of rotatable bonds is 2. The van der Waals surface area contributed by atoms with Crippen molar-refractivity contribution in [1.29, 1.82) is 5.26 Å². The minimum absolute atomic E-state index is 0.198. The van der Waals surface area contributed by atoms with Crippen LogP contribution < -0.4 is 0 Å². The zero-order valence-corrected chi connectivity index (χ0v) is 9.61. The number of nitrogens with zero attached hydrogens (tertiary/aromatic N) is 2. The second-order valence-corrected chi connectivity index (χ2v) is 3.84. The van der Waals surface area contributed by atoms with Crippen molar-refractivity contribution in [3.63, 3.8) is 0 Å². The van der Waals surface area contributed by atoms with Gasteiger partial charge in [0.2, 0.25) is 0 Å². The number of alkyl halides is 5.